The zero-order valence-corrected chi connectivity index (χ0v) is 14.9. The topological polar surface area (TPSA) is 76.1 Å². The Balaban J connectivity index is 1.77. The summed E-state index contributed by atoms with van der Waals surface area (Å²) in [5.41, 5.74) is -0.824. The maximum atomic E-state index is 13.3. The average molecular weight is 431 g/mol. The number of nitrogens with one attached hydrogen (secondary N) is 2. The summed E-state index contributed by atoms with van der Waals surface area (Å²) >= 11 is 3.26. The number of rotatable bonds is 5. The fraction of sp³-hybridized carbons (Fsp3) is 0.312. The maximum absolute atomic E-state index is 13.3. The largest absolute Gasteiger partial charge is 0.437 e. The molecule has 3 rings (SSSR count). The first-order valence-corrected chi connectivity index (χ1v) is 8.53. The second kappa shape index (κ2) is 7.48. The molecule has 1 aromatic carbocycles. The summed E-state index contributed by atoms with van der Waals surface area (Å²) < 4.78 is 45.3. The van der Waals surface area contributed by atoms with Gasteiger partial charge in [0.2, 0.25) is 5.95 Å². The quantitative estimate of drug-likeness (QED) is 0.730. The normalized spacial score (nSPS) is 14.0. The molecule has 138 valence electrons. The number of anilines is 2. The number of alkyl halides is 3. The lowest BCUT2D eigenvalue weighted by Gasteiger charge is -2.13. The molecular formula is C16H14BrF3N4O2. The van der Waals surface area contributed by atoms with Crippen LogP contribution in [0.4, 0.5) is 29.6 Å². The van der Waals surface area contributed by atoms with Gasteiger partial charge in [0.1, 0.15) is 0 Å². The van der Waals surface area contributed by atoms with Gasteiger partial charge in [-0.2, -0.15) is 13.2 Å². The number of benzene rings is 1. The van der Waals surface area contributed by atoms with E-state index in [9.17, 15) is 18.0 Å². The summed E-state index contributed by atoms with van der Waals surface area (Å²) in [6, 6.07) is 6.78. The number of amides is 1. The van der Waals surface area contributed by atoms with Crippen molar-refractivity contribution in [3.63, 3.8) is 0 Å². The van der Waals surface area contributed by atoms with E-state index in [2.05, 4.69) is 36.5 Å². The van der Waals surface area contributed by atoms with E-state index in [1.54, 1.807) is 24.3 Å². The first-order valence-electron chi connectivity index (χ1n) is 7.74. The number of aromatic nitrogens is 2. The summed E-state index contributed by atoms with van der Waals surface area (Å²) in [6.45, 7) is 0.379. The van der Waals surface area contributed by atoms with Crippen molar-refractivity contribution in [3.05, 3.63) is 40.6 Å². The van der Waals surface area contributed by atoms with Gasteiger partial charge in [0.15, 0.2) is 11.4 Å². The monoisotopic (exact) mass is 430 g/mol. The third-order valence-corrected chi connectivity index (χ3v) is 4.03. The molecule has 26 heavy (non-hydrogen) atoms. The van der Waals surface area contributed by atoms with Crippen LogP contribution in [0.1, 0.15) is 18.5 Å². The highest BCUT2D eigenvalue weighted by Crippen LogP contribution is 2.35. The molecule has 6 nitrogen and oxygen atoms in total. The highest BCUT2D eigenvalue weighted by Gasteiger charge is 2.38. The lowest BCUT2D eigenvalue weighted by molar-refractivity contribution is -0.142. The number of hydrogen-bond acceptors (Lipinski definition) is 5. The molecule has 10 heteroatoms. The first kappa shape index (κ1) is 18.4. The Labute approximate surface area is 155 Å². The number of nitrogens with zero attached hydrogens (tertiary/aromatic N) is 2. The van der Waals surface area contributed by atoms with Crippen LogP contribution in [-0.2, 0) is 6.18 Å². The molecule has 2 N–H and O–H groups in total. The SMILES string of the molecule is O=C(NCC1CC1)Oc1cnc(Nc2cccc(Br)c2)nc1C(F)(F)F. The van der Waals surface area contributed by atoms with Gasteiger partial charge in [-0.25, -0.2) is 14.8 Å². The summed E-state index contributed by atoms with van der Waals surface area (Å²) in [4.78, 5) is 18.9. The molecule has 0 saturated heterocycles. The van der Waals surface area contributed by atoms with Crippen molar-refractivity contribution in [2.75, 3.05) is 11.9 Å². The molecule has 1 saturated carbocycles. The Morgan fingerprint density at radius 1 is 1.35 bits per heavy atom. The van der Waals surface area contributed by atoms with Crippen LogP contribution in [0, 0.1) is 5.92 Å². The Morgan fingerprint density at radius 2 is 2.12 bits per heavy atom. The van der Waals surface area contributed by atoms with Crippen molar-refractivity contribution in [1.82, 2.24) is 15.3 Å². The van der Waals surface area contributed by atoms with Crippen molar-refractivity contribution in [2.24, 2.45) is 5.92 Å². The highest BCUT2D eigenvalue weighted by molar-refractivity contribution is 9.10. The van der Waals surface area contributed by atoms with Gasteiger partial charge in [-0.05, 0) is 37.0 Å². The van der Waals surface area contributed by atoms with Crippen molar-refractivity contribution in [3.8, 4) is 5.75 Å². The summed E-state index contributed by atoms with van der Waals surface area (Å²) in [5.74, 6) is -0.635. The van der Waals surface area contributed by atoms with E-state index >= 15 is 0 Å². The van der Waals surface area contributed by atoms with E-state index in [1.165, 1.54) is 0 Å². The van der Waals surface area contributed by atoms with Crippen LogP contribution in [-0.4, -0.2) is 22.6 Å². The van der Waals surface area contributed by atoms with Crippen molar-refractivity contribution >= 4 is 33.7 Å². The molecule has 0 unspecified atom stereocenters. The average Bonchev–Trinajstić information content (AvgIpc) is 3.38. The minimum Gasteiger partial charge on any atom is -0.406 e. The molecule has 1 aliphatic rings. The zero-order valence-electron chi connectivity index (χ0n) is 13.3. The molecule has 1 aromatic heterocycles. The number of carbonyl (C=O) groups is 1. The first-order chi connectivity index (χ1) is 12.3. The lowest BCUT2D eigenvalue weighted by Crippen LogP contribution is -2.29. The lowest BCUT2D eigenvalue weighted by atomic mass is 10.3. The number of ether oxygens (including phenoxy) is 1. The molecule has 0 atom stereocenters. The predicted octanol–water partition coefficient (Wildman–Crippen LogP) is 4.50. The van der Waals surface area contributed by atoms with E-state index in [0.717, 1.165) is 23.5 Å². The minimum absolute atomic E-state index is 0.263. The van der Waals surface area contributed by atoms with Gasteiger partial charge in [-0.3, -0.25) is 0 Å². The molecule has 2 aromatic rings. The van der Waals surface area contributed by atoms with Gasteiger partial charge in [0.25, 0.3) is 0 Å². The standard InChI is InChI=1S/C16H14BrF3N4O2/c17-10-2-1-3-11(6-10)23-14-21-8-12(13(24-14)16(18,19)20)26-15(25)22-7-9-4-5-9/h1-3,6,8-9H,4-5,7H2,(H,22,25)(H,21,23,24). The molecule has 0 aliphatic heterocycles. The maximum Gasteiger partial charge on any atom is 0.437 e. The molecule has 0 bridgehead atoms. The van der Waals surface area contributed by atoms with Crippen LogP contribution >= 0.6 is 15.9 Å². The molecule has 1 amide bonds. The van der Waals surface area contributed by atoms with Crippen LogP contribution in [0.3, 0.4) is 0 Å². The molecular weight excluding hydrogens is 417 g/mol. The van der Waals surface area contributed by atoms with Crippen molar-refractivity contribution in [2.45, 2.75) is 19.0 Å². The van der Waals surface area contributed by atoms with Gasteiger partial charge in [0, 0.05) is 16.7 Å². The van der Waals surface area contributed by atoms with Crippen LogP contribution in [0.2, 0.25) is 0 Å². The number of carbonyl (C=O) groups excluding carboxylic acids is 1. The van der Waals surface area contributed by atoms with Gasteiger partial charge in [0.05, 0.1) is 6.20 Å². The third-order valence-electron chi connectivity index (χ3n) is 3.54. The fourth-order valence-electron chi connectivity index (χ4n) is 2.09. The van der Waals surface area contributed by atoms with Gasteiger partial charge in [-0.1, -0.05) is 22.0 Å². The number of halogens is 4. The van der Waals surface area contributed by atoms with Crippen molar-refractivity contribution in [1.29, 1.82) is 0 Å². The van der Waals surface area contributed by atoms with Gasteiger partial charge < -0.3 is 15.4 Å². The van der Waals surface area contributed by atoms with E-state index < -0.39 is 23.7 Å². The molecule has 0 spiro atoms. The van der Waals surface area contributed by atoms with Crippen molar-refractivity contribution < 1.29 is 22.7 Å². The van der Waals surface area contributed by atoms with E-state index in [0.29, 0.717) is 18.2 Å². The smallest absolute Gasteiger partial charge is 0.406 e. The molecule has 1 aliphatic carbocycles. The zero-order chi connectivity index (χ0) is 18.7. The van der Waals surface area contributed by atoms with Crippen LogP contribution < -0.4 is 15.4 Å². The Bertz CT molecular complexity index is 812. The van der Waals surface area contributed by atoms with E-state index in [1.807, 2.05) is 0 Å². The van der Waals surface area contributed by atoms with Gasteiger partial charge in [-0.15, -0.1) is 0 Å². The van der Waals surface area contributed by atoms with Crippen LogP contribution in [0.5, 0.6) is 5.75 Å². The Kier molecular flexibility index (Phi) is 5.30. The van der Waals surface area contributed by atoms with E-state index in [4.69, 9.17) is 4.74 Å². The van der Waals surface area contributed by atoms with Crippen LogP contribution in [0.25, 0.3) is 0 Å². The molecule has 0 radical (unpaired) electrons. The minimum atomic E-state index is -4.80. The number of hydrogen-bond donors (Lipinski definition) is 2. The van der Waals surface area contributed by atoms with E-state index in [-0.39, 0.29) is 5.95 Å². The summed E-state index contributed by atoms with van der Waals surface area (Å²) in [7, 11) is 0. The summed E-state index contributed by atoms with van der Waals surface area (Å²) in [6.07, 6.45) is -2.95. The highest BCUT2D eigenvalue weighted by atomic mass is 79.9. The van der Waals surface area contributed by atoms with Crippen LogP contribution in [0.15, 0.2) is 34.9 Å². The Morgan fingerprint density at radius 3 is 2.77 bits per heavy atom. The Hall–Kier alpha value is -2.36. The van der Waals surface area contributed by atoms with Gasteiger partial charge >= 0.3 is 12.3 Å². The third kappa shape index (κ3) is 5.07. The predicted molar refractivity (Wildman–Crippen MR) is 91.2 cm³/mol. The fourth-order valence-corrected chi connectivity index (χ4v) is 2.49. The molecule has 1 heterocycles. The second-order valence-electron chi connectivity index (χ2n) is 5.75. The summed E-state index contributed by atoms with van der Waals surface area (Å²) in [5, 5.41) is 5.11. The molecule has 1 fully saturated rings. The second-order valence-corrected chi connectivity index (χ2v) is 6.67.